The normalized spacial score (nSPS) is 17.6. The number of carbonyl (C=O) groups is 6. The standard InChI is InChI=1S/2C12H18N2O.2C4H4O4/c2*15-12-6-5-11-14(12)10-4-3-9-13-7-1-2-8-13;2*5-3(6)1-2-4(7)8/h2*1-2,5-11H2;2*1-2H,(H,5,6)(H,7,8)/b;;2*2-1+. The molecule has 4 rings (SSSR count). The molecule has 14 nitrogen and oxygen atoms in total. The number of carboxylic acid groups (broad SMARTS) is 4. The third-order valence-corrected chi connectivity index (χ3v) is 6.87. The van der Waals surface area contributed by atoms with Gasteiger partial charge in [0.15, 0.2) is 0 Å². The number of amides is 2. The smallest absolute Gasteiger partial charge is 0.328 e. The third kappa shape index (κ3) is 20.3. The van der Waals surface area contributed by atoms with Crippen molar-refractivity contribution in [2.24, 2.45) is 0 Å². The summed E-state index contributed by atoms with van der Waals surface area (Å²) in [6, 6.07) is 0. The summed E-state index contributed by atoms with van der Waals surface area (Å²) in [6.07, 6.45) is 10.9. The van der Waals surface area contributed by atoms with E-state index < -0.39 is 23.9 Å². The zero-order valence-corrected chi connectivity index (χ0v) is 26.1. The summed E-state index contributed by atoms with van der Waals surface area (Å²) in [5.74, 6) is 8.02. The lowest BCUT2D eigenvalue weighted by Crippen LogP contribution is -2.25. The van der Waals surface area contributed by atoms with Gasteiger partial charge in [0.2, 0.25) is 11.8 Å². The molecule has 4 fully saturated rings. The van der Waals surface area contributed by atoms with Gasteiger partial charge in [-0.25, -0.2) is 19.2 Å². The van der Waals surface area contributed by atoms with Crippen molar-refractivity contribution in [2.75, 3.05) is 65.4 Å². The molecule has 0 spiro atoms. The lowest BCUT2D eigenvalue weighted by atomic mass is 10.4. The van der Waals surface area contributed by atoms with Crippen LogP contribution in [-0.4, -0.2) is 141 Å². The number of hydrogen-bond acceptors (Lipinski definition) is 8. The minimum atomic E-state index is -1.26. The second-order valence-electron chi connectivity index (χ2n) is 10.5. The highest BCUT2D eigenvalue weighted by Crippen LogP contribution is 2.09. The molecular formula is C32H44N4O10. The molecule has 0 bridgehead atoms. The van der Waals surface area contributed by atoms with E-state index in [0.717, 1.165) is 39.0 Å². The van der Waals surface area contributed by atoms with Gasteiger partial charge in [-0.15, -0.1) is 0 Å². The number of hydrogen-bond donors (Lipinski definition) is 4. The first-order chi connectivity index (χ1) is 22.0. The van der Waals surface area contributed by atoms with Gasteiger partial charge >= 0.3 is 23.9 Å². The summed E-state index contributed by atoms with van der Waals surface area (Å²) >= 11 is 0. The van der Waals surface area contributed by atoms with Crippen molar-refractivity contribution in [1.29, 1.82) is 0 Å². The Morgan fingerprint density at radius 2 is 0.761 bits per heavy atom. The first kappa shape index (κ1) is 39.4. The first-order valence-electron chi connectivity index (χ1n) is 15.2. The van der Waals surface area contributed by atoms with Gasteiger partial charge < -0.3 is 30.2 Å². The van der Waals surface area contributed by atoms with Crippen LogP contribution in [0.1, 0.15) is 51.4 Å². The molecule has 0 aromatic rings. The SMILES string of the molecule is O=C(O)/C=C/C(=O)O.O=C(O)/C=C/C(=O)O.O=C1CCCN1CC#CCN1CCCC1.O=C1CCCN1CC#CCN1CCCC1. The number of carboxylic acids is 4. The predicted molar refractivity (Wildman–Crippen MR) is 167 cm³/mol. The average molecular weight is 645 g/mol. The molecule has 4 saturated heterocycles. The Labute approximate surface area is 269 Å². The Hall–Kier alpha value is -4.66. The highest BCUT2D eigenvalue weighted by atomic mass is 16.4. The van der Waals surface area contributed by atoms with Crippen LogP contribution in [0, 0.1) is 23.7 Å². The molecule has 0 radical (unpaired) electrons. The molecule has 4 aliphatic rings. The van der Waals surface area contributed by atoms with Crippen LogP contribution in [0.5, 0.6) is 0 Å². The molecule has 4 aliphatic heterocycles. The van der Waals surface area contributed by atoms with Gasteiger partial charge in [-0.1, -0.05) is 23.7 Å². The summed E-state index contributed by atoms with van der Waals surface area (Å²) in [5.41, 5.74) is 0. The van der Waals surface area contributed by atoms with Crippen LogP contribution in [0.3, 0.4) is 0 Å². The van der Waals surface area contributed by atoms with E-state index in [4.69, 9.17) is 20.4 Å². The van der Waals surface area contributed by atoms with Crippen LogP contribution in [0.25, 0.3) is 0 Å². The Bertz CT molecular complexity index is 1090. The monoisotopic (exact) mass is 644 g/mol. The maximum Gasteiger partial charge on any atom is 0.328 e. The molecule has 2 amide bonds. The molecule has 0 aromatic heterocycles. The quantitative estimate of drug-likeness (QED) is 0.215. The van der Waals surface area contributed by atoms with Gasteiger partial charge in [0.1, 0.15) is 0 Å². The number of likely N-dealkylation sites (tertiary alicyclic amines) is 4. The van der Waals surface area contributed by atoms with E-state index in [2.05, 4.69) is 33.5 Å². The Kier molecular flexibility index (Phi) is 20.3. The van der Waals surface area contributed by atoms with Crippen molar-refractivity contribution in [3.05, 3.63) is 24.3 Å². The van der Waals surface area contributed by atoms with Gasteiger partial charge in [0.25, 0.3) is 0 Å². The molecule has 14 heteroatoms. The van der Waals surface area contributed by atoms with Gasteiger partial charge in [-0.05, 0) is 64.7 Å². The van der Waals surface area contributed by atoms with E-state index in [1.165, 1.54) is 51.9 Å². The van der Waals surface area contributed by atoms with Crippen LogP contribution in [-0.2, 0) is 28.8 Å². The summed E-state index contributed by atoms with van der Waals surface area (Å²) in [5, 5.41) is 31.2. The highest BCUT2D eigenvalue weighted by molar-refractivity contribution is 5.90. The summed E-state index contributed by atoms with van der Waals surface area (Å²) in [6.45, 7) is 9.58. The Morgan fingerprint density at radius 3 is 1.00 bits per heavy atom. The van der Waals surface area contributed by atoms with E-state index in [-0.39, 0.29) is 11.8 Å². The Morgan fingerprint density at radius 1 is 0.478 bits per heavy atom. The van der Waals surface area contributed by atoms with Crippen molar-refractivity contribution < 1.29 is 49.2 Å². The lowest BCUT2D eigenvalue weighted by molar-refractivity contribution is -0.134. The van der Waals surface area contributed by atoms with Crippen molar-refractivity contribution in [3.63, 3.8) is 0 Å². The van der Waals surface area contributed by atoms with Gasteiger partial charge in [0, 0.05) is 50.2 Å². The Balaban J connectivity index is 0.000000322. The fourth-order valence-electron chi connectivity index (χ4n) is 4.55. The number of aliphatic carboxylic acids is 4. The molecule has 46 heavy (non-hydrogen) atoms. The van der Waals surface area contributed by atoms with Crippen LogP contribution >= 0.6 is 0 Å². The molecule has 252 valence electrons. The molecule has 0 unspecified atom stereocenters. The minimum absolute atomic E-state index is 0.269. The fourth-order valence-corrected chi connectivity index (χ4v) is 4.55. The number of carbonyl (C=O) groups excluding carboxylic acids is 2. The van der Waals surface area contributed by atoms with Crippen molar-refractivity contribution in [2.45, 2.75) is 51.4 Å². The molecule has 4 N–H and O–H groups in total. The summed E-state index contributed by atoms with van der Waals surface area (Å²) in [7, 11) is 0. The molecular weight excluding hydrogens is 600 g/mol. The lowest BCUT2D eigenvalue weighted by Gasteiger charge is -2.11. The average Bonchev–Trinajstić information content (AvgIpc) is 3.83. The maximum atomic E-state index is 11.3. The van der Waals surface area contributed by atoms with Gasteiger partial charge in [-0.2, -0.15) is 0 Å². The zero-order chi connectivity index (χ0) is 34.2. The van der Waals surface area contributed by atoms with Gasteiger partial charge in [0.05, 0.1) is 26.2 Å². The summed E-state index contributed by atoms with van der Waals surface area (Å²) in [4.78, 5) is 69.2. The van der Waals surface area contributed by atoms with E-state index in [1.807, 2.05) is 9.80 Å². The predicted octanol–water partition coefficient (Wildman–Crippen LogP) is 0.840. The first-order valence-corrected chi connectivity index (χ1v) is 15.2. The van der Waals surface area contributed by atoms with Crippen molar-refractivity contribution >= 4 is 35.7 Å². The third-order valence-electron chi connectivity index (χ3n) is 6.87. The van der Waals surface area contributed by atoms with E-state index in [0.29, 0.717) is 50.2 Å². The molecule has 4 heterocycles. The largest absolute Gasteiger partial charge is 0.478 e. The number of nitrogens with zero attached hydrogens (tertiary/aromatic N) is 4. The van der Waals surface area contributed by atoms with E-state index in [9.17, 15) is 28.8 Å². The topological polar surface area (TPSA) is 196 Å². The molecule has 0 aliphatic carbocycles. The minimum Gasteiger partial charge on any atom is -0.478 e. The molecule has 0 atom stereocenters. The second kappa shape index (κ2) is 23.7. The molecule has 0 aromatic carbocycles. The van der Waals surface area contributed by atoms with Crippen LogP contribution < -0.4 is 0 Å². The van der Waals surface area contributed by atoms with E-state index in [1.54, 1.807) is 0 Å². The van der Waals surface area contributed by atoms with Crippen LogP contribution in [0.15, 0.2) is 24.3 Å². The van der Waals surface area contributed by atoms with E-state index >= 15 is 0 Å². The molecule has 0 saturated carbocycles. The van der Waals surface area contributed by atoms with Crippen molar-refractivity contribution in [3.8, 4) is 23.7 Å². The fraction of sp³-hybridized carbons (Fsp3) is 0.562. The van der Waals surface area contributed by atoms with Gasteiger partial charge in [-0.3, -0.25) is 19.4 Å². The highest BCUT2D eigenvalue weighted by Gasteiger charge is 2.19. The number of rotatable bonds is 8. The summed E-state index contributed by atoms with van der Waals surface area (Å²) < 4.78 is 0. The van der Waals surface area contributed by atoms with Crippen molar-refractivity contribution in [1.82, 2.24) is 19.6 Å². The second-order valence-corrected chi connectivity index (χ2v) is 10.5. The van der Waals surface area contributed by atoms with Crippen LogP contribution in [0.4, 0.5) is 0 Å². The van der Waals surface area contributed by atoms with Crippen LogP contribution in [0.2, 0.25) is 0 Å². The zero-order valence-electron chi connectivity index (χ0n) is 26.1. The maximum absolute atomic E-state index is 11.3.